The minimum Gasteiger partial charge on any atom is -0.298 e. The topological polar surface area (TPSA) is 63.2 Å². The average Bonchev–Trinajstić information content (AvgIpc) is 1.99. The number of sulfonamides is 1. The summed E-state index contributed by atoms with van der Waals surface area (Å²) in [5.74, 6) is -0.108. The normalized spacial score (nSPS) is 15.0. The van der Waals surface area contributed by atoms with Gasteiger partial charge >= 0.3 is 0 Å². The number of rotatable bonds is 5. The van der Waals surface area contributed by atoms with E-state index in [1.807, 2.05) is 20.8 Å². The highest BCUT2D eigenvalue weighted by Gasteiger charge is 2.20. The van der Waals surface area contributed by atoms with E-state index in [4.69, 9.17) is 0 Å². The van der Waals surface area contributed by atoms with Crippen molar-refractivity contribution in [3.05, 3.63) is 0 Å². The van der Waals surface area contributed by atoms with Gasteiger partial charge in [-0.15, -0.1) is 0 Å². The lowest BCUT2D eigenvalue weighted by Gasteiger charge is -2.18. The maximum absolute atomic E-state index is 11.5. The van der Waals surface area contributed by atoms with Crippen molar-refractivity contribution < 1.29 is 13.2 Å². The van der Waals surface area contributed by atoms with Crippen LogP contribution >= 0.6 is 0 Å². The summed E-state index contributed by atoms with van der Waals surface area (Å²) in [4.78, 5) is 10.9. The minimum absolute atomic E-state index is 0.0196. The van der Waals surface area contributed by atoms with E-state index in [0.29, 0.717) is 6.42 Å². The zero-order chi connectivity index (χ0) is 12.3. The van der Waals surface area contributed by atoms with Gasteiger partial charge in [0, 0.05) is 0 Å². The number of hydrogen-bond donors (Lipinski definition) is 1. The van der Waals surface area contributed by atoms with Gasteiger partial charge in [0.2, 0.25) is 10.0 Å². The molecular formula is C10H21NO3S. The van der Waals surface area contributed by atoms with Crippen LogP contribution in [0, 0.1) is 5.41 Å². The van der Waals surface area contributed by atoms with Crippen molar-refractivity contribution in [2.24, 2.45) is 5.41 Å². The second-order valence-corrected chi connectivity index (χ2v) is 6.95. The minimum atomic E-state index is -3.33. The highest BCUT2D eigenvalue weighted by atomic mass is 32.2. The molecule has 0 rings (SSSR count). The molecule has 0 saturated carbocycles. The van der Waals surface area contributed by atoms with Crippen LogP contribution in [-0.4, -0.2) is 26.0 Å². The molecule has 0 aliphatic heterocycles. The van der Waals surface area contributed by atoms with E-state index in [2.05, 4.69) is 4.72 Å². The fourth-order valence-electron chi connectivity index (χ4n) is 0.852. The summed E-state index contributed by atoms with van der Waals surface area (Å²) in [5, 5.41) is 0. The Labute approximate surface area is 92.5 Å². The molecule has 0 aromatic rings. The maximum atomic E-state index is 11.5. The lowest BCUT2D eigenvalue weighted by molar-refractivity contribution is -0.118. The molecule has 0 fully saturated rings. The maximum Gasteiger partial charge on any atom is 0.212 e. The van der Waals surface area contributed by atoms with Crippen molar-refractivity contribution in [2.75, 3.05) is 5.75 Å². The smallest absolute Gasteiger partial charge is 0.212 e. The number of nitrogens with one attached hydrogen (secondary N) is 1. The predicted octanol–water partition coefficient (Wildman–Crippen LogP) is 1.32. The summed E-state index contributed by atoms with van der Waals surface area (Å²) in [5.41, 5.74) is -0.0196. The monoisotopic (exact) mass is 235 g/mol. The number of hydrogen-bond acceptors (Lipinski definition) is 3. The van der Waals surface area contributed by atoms with Crippen molar-refractivity contribution >= 4 is 15.8 Å². The van der Waals surface area contributed by atoms with Crippen LogP contribution in [0.1, 0.15) is 41.0 Å². The molecule has 0 aliphatic carbocycles. The van der Waals surface area contributed by atoms with Crippen LogP contribution in [0.25, 0.3) is 0 Å². The quantitative estimate of drug-likeness (QED) is 0.781. The molecule has 4 nitrogen and oxygen atoms in total. The average molecular weight is 235 g/mol. The van der Waals surface area contributed by atoms with Crippen molar-refractivity contribution in [3.63, 3.8) is 0 Å². The molecule has 0 amide bonds. The summed E-state index contributed by atoms with van der Waals surface area (Å²) in [6.07, 6.45) is 0.576. The second-order valence-electron chi connectivity index (χ2n) is 5.08. The van der Waals surface area contributed by atoms with Gasteiger partial charge in [0.25, 0.3) is 0 Å². The predicted molar refractivity (Wildman–Crippen MR) is 61.1 cm³/mol. The molecule has 1 atom stereocenters. The van der Waals surface area contributed by atoms with E-state index >= 15 is 0 Å². The molecule has 0 aromatic carbocycles. The molecule has 5 heteroatoms. The molecule has 0 bridgehead atoms. The molecule has 1 N–H and O–H groups in total. The fourth-order valence-corrected chi connectivity index (χ4v) is 2.56. The molecule has 0 spiro atoms. The molecule has 90 valence electrons. The van der Waals surface area contributed by atoms with Crippen molar-refractivity contribution in [1.29, 1.82) is 0 Å². The van der Waals surface area contributed by atoms with Crippen LogP contribution in [0.5, 0.6) is 0 Å². The summed E-state index contributed by atoms with van der Waals surface area (Å²) in [6, 6.07) is -0.630. The third-order valence-corrected chi connectivity index (χ3v) is 3.54. The number of carbonyl (C=O) groups is 1. The number of Topliss-reactive ketones (excluding diaryl/α,β-unsaturated/α-hetero) is 1. The standard InChI is InChI=1S/C10H21NO3S/c1-8(9(2)12)11-15(13,14)7-6-10(3,4)5/h8,11H,6-7H2,1-5H3. The molecular weight excluding hydrogens is 214 g/mol. The Morgan fingerprint density at radius 1 is 1.33 bits per heavy atom. The number of carbonyl (C=O) groups excluding carboxylic acids is 1. The van der Waals surface area contributed by atoms with Gasteiger partial charge in [-0.3, -0.25) is 4.79 Å². The summed E-state index contributed by atoms with van der Waals surface area (Å²) >= 11 is 0. The lowest BCUT2D eigenvalue weighted by Crippen LogP contribution is -2.39. The van der Waals surface area contributed by atoms with Crippen LogP contribution in [0.3, 0.4) is 0 Å². The van der Waals surface area contributed by atoms with Crippen molar-refractivity contribution in [1.82, 2.24) is 4.72 Å². The molecule has 0 radical (unpaired) electrons. The van der Waals surface area contributed by atoms with Crippen LogP contribution in [-0.2, 0) is 14.8 Å². The first kappa shape index (κ1) is 14.6. The van der Waals surface area contributed by atoms with E-state index < -0.39 is 16.1 Å². The van der Waals surface area contributed by atoms with E-state index in [-0.39, 0.29) is 17.0 Å². The zero-order valence-corrected chi connectivity index (χ0v) is 10.9. The van der Waals surface area contributed by atoms with Gasteiger partial charge in [-0.05, 0) is 25.7 Å². The molecule has 0 aromatic heterocycles. The lowest BCUT2D eigenvalue weighted by atomic mass is 9.94. The summed E-state index contributed by atoms with van der Waals surface area (Å²) in [7, 11) is -3.33. The van der Waals surface area contributed by atoms with Crippen molar-refractivity contribution in [3.8, 4) is 0 Å². The highest BCUT2D eigenvalue weighted by Crippen LogP contribution is 2.18. The first-order chi connectivity index (χ1) is 6.53. The summed E-state index contributed by atoms with van der Waals surface area (Å²) in [6.45, 7) is 8.87. The van der Waals surface area contributed by atoms with Gasteiger partial charge in [-0.25, -0.2) is 13.1 Å². The van der Waals surface area contributed by atoms with Crippen LogP contribution in [0.15, 0.2) is 0 Å². The molecule has 0 heterocycles. The second kappa shape index (κ2) is 5.07. The van der Waals surface area contributed by atoms with Crippen LogP contribution in [0.2, 0.25) is 0 Å². The van der Waals surface area contributed by atoms with Gasteiger partial charge < -0.3 is 0 Å². The first-order valence-corrected chi connectivity index (χ1v) is 6.69. The Morgan fingerprint density at radius 2 is 1.80 bits per heavy atom. The van der Waals surface area contributed by atoms with Gasteiger partial charge in [-0.1, -0.05) is 20.8 Å². The zero-order valence-electron chi connectivity index (χ0n) is 10.1. The van der Waals surface area contributed by atoms with E-state index in [9.17, 15) is 13.2 Å². The van der Waals surface area contributed by atoms with Crippen LogP contribution < -0.4 is 4.72 Å². The van der Waals surface area contributed by atoms with Gasteiger partial charge in [0.1, 0.15) is 5.78 Å². The van der Waals surface area contributed by atoms with E-state index in [1.54, 1.807) is 6.92 Å². The molecule has 15 heavy (non-hydrogen) atoms. The fraction of sp³-hybridized carbons (Fsp3) is 0.900. The Bertz CT molecular complexity index is 314. The van der Waals surface area contributed by atoms with Gasteiger partial charge in [-0.2, -0.15) is 0 Å². The number of ketones is 1. The SMILES string of the molecule is CC(=O)C(C)NS(=O)(=O)CCC(C)(C)C. The Kier molecular flexibility index (Phi) is 4.93. The summed E-state index contributed by atoms with van der Waals surface area (Å²) < 4.78 is 25.4. The first-order valence-electron chi connectivity index (χ1n) is 5.04. The molecule has 1 unspecified atom stereocenters. The van der Waals surface area contributed by atoms with Gasteiger partial charge in [0.05, 0.1) is 11.8 Å². The third kappa shape index (κ3) is 7.50. The van der Waals surface area contributed by atoms with Gasteiger partial charge in [0.15, 0.2) is 0 Å². The van der Waals surface area contributed by atoms with E-state index in [0.717, 1.165) is 0 Å². The largest absolute Gasteiger partial charge is 0.298 e. The highest BCUT2D eigenvalue weighted by molar-refractivity contribution is 7.89. The van der Waals surface area contributed by atoms with E-state index in [1.165, 1.54) is 6.92 Å². The third-order valence-electron chi connectivity index (χ3n) is 2.09. The Morgan fingerprint density at radius 3 is 2.13 bits per heavy atom. The Hall–Kier alpha value is -0.420. The van der Waals surface area contributed by atoms with Crippen molar-refractivity contribution in [2.45, 2.75) is 47.1 Å². The molecule has 0 aliphatic rings. The van der Waals surface area contributed by atoms with Crippen LogP contribution in [0.4, 0.5) is 0 Å². The Balaban J connectivity index is 4.27. The molecule has 0 saturated heterocycles.